The Balaban J connectivity index is 2.04. The molecular formula is C13H10Cl2N2O2. The van der Waals surface area contributed by atoms with Gasteiger partial charge in [-0.3, -0.25) is 4.79 Å². The van der Waals surface area contributed by atoms with Crippen molar-refractivity contribution in [2.45, 2.75) is 6.61 Å². The summed E-state index contributed by atoms with van der Waals surface area (Å²) in [6, 6.07) is 8.07. The van der Waals surface area contributed by atoms with Gasteiger partial charge in [0.2, 0.25) is 5.91 Å². The van der Waals surface area contributed by atoms with Gasteiger partial charge in [0.25, 0.3) is 0 Å². The van der Waals surface area contributed by atoms with Crippen molar-refractivity contribution in [3.05, 3.63) is 57.8 Å². The van der Waals surface area contributed by atoms with Crippen LogP contribution in [0.1, 0.15) is 15.9 Å². The number of aromatic nitrogens is 1. The fraction of sp³-hybridized carbons (Fsp3) is 0.0769. The van der Waals surface area contributed by atoms with Gasteiger partial charge in [-0.1, -0.05) is 23.2 Å². The fourth-order valence-corrected chi connectivity index (χ4v) is 1.84. The summed E-state index contributed by atoms with van der Waals surface area (Å²) < 4.78 is 5.53. The van der Waals surface area contributed by atoms with E-state index in [0.717, 1.165) is 5.56 Å². The van der Waals surface area contributed by atoms with Crippen molar-refractivity contribution in [1.82, 2.24) is 4.98 Å². The number of pyridine rings is 1. The van der Waals surface area contributed by atoms with Gasteiger partial charge in [-0.15, -0.1) is 0 Å². The SMILES string of the molecule is NC(=O)c1ccc(OCc2cnc(Cl)cc2Cl)cc1. The van der Waals surface area contributed by atoms with Gasteiger partial charge < -0.3 is 10.5 Å². The molecule has 0 unspecified atom stereocenters. The Morgan fingerprint density at radius 3 is 2.53 bits per heavy atom. The molecule has 0 saturated carbocycles. The number of rotatable bonds is 4. The van der Waals surface area contributed by atoms with Gasteiger partial charge in [0.1, 0.15) is 17.5 Å². The molecule has 0 aliphatic heterocycles. The lowest BCUT2D eigenvalue weighted by Crippen LogP contribution is -2.10. The Morgan fingerprint density at radius 1 is 1.26 bits per heavy atom. The van der Waals surface area contributed by atoms with Crippen LogP contribution in [-0.4, -0.2) is 10.9 Å². The Labute approximate surface area is 120 Å². The van der Waals surface area contributed by atoms with Crippen LogP contribution in [0.5, 0.6) is 5.75 Å². The Morgan fingerprint density at radius 2 is 1.95 bits per heavy atom. The number of nitrogens with zero attached hydrogens (tertiary/aromatic N) is 1. The number of amides is 1. The first-order valence-electron chi connectivity index (χ1n) is 5.39. The predicted octanol–water partition coefficient (Wildman–Crippen LogP) is 3.07. The van der Waals surface area contributed by atoms with E-state index in [-0.39, 0.29) is 6.61 Å². The van der Waals surface area contributed by atoms with Crippen molar-refractivity contribution in [3.63, 3.8) is 0 Å². The third-order valence-corrected chi connectivity index (χ3v) is 2.99. The molecule has 2 rings (SSSR count). The number of hydrogen-bond acceptors (Lipinski definition) is 3. The second-order valence-electron chi connectivity index (χ2n) is 3.78. The molecule has 0 fully saturated rings. The first-order chi connectivity index (χ1) is 9.06. The molecule has 1 aromatic heterocycles. The molecule has 6 heteroatoms. The molecule has 0 aliphatic rings. The summed E-state index contributed by atoms with van der Waals surface area (Å²) in [7, 11) is 0. The Bertz CT molecular complexity index is 600. The molecule has 2 N–H and O–H groups in total. The van der Waals surface area contributed by atoms with Crippen LogP contribution in [0.4, 0.5) is 0 Å². The normalized spacial score (nSPS) is 10.2. The number of ether oxygens (including phenoxy) is 1. The molecule has 19 heavy (non-hydrogen) atoms. The van der Waals surface area contributed by atoms with Crippen molar-refractivity contribution < 1.29 is 9.53 Å². The summed E-state index contributed by atoms with van der Waals surface area (Å²) in [5.41, 5.74) is 6.30. The summed E-state index contributed by atoms with van der Waals surface area (Å²) >= 11 is 11.7. The van der Waals surface area contributed by atoms with Crippen molar-refractivity contribution in [1.29, 1.82) is 0 Å². The second-order valence-corrected chi connectivity index (χ2v) is 4.57. The van der Waals surface area contributed by atoms with E-state index in [1.807, 2.05) is 0 Å². The third-order valence-electron chi connectivity index (χ3n) is 2.43. The van der Waals surface area contributed by atoms with Crippen LogP contribution in [0.25, 0.3) is 0 Å². The molecule has 0 radical (unpaired) electrons. The van der Waals surface area contributed by atoms with E-state index in [1.165, 1.54) is 0 Å². The van der Waals surface area contributed by atoms with Crippen LogP contribution in [0.15, 0.2) is 36.5 Å². The number of carbonyl (C=O) groups excluding carboxylic acids is 1. The first-order valence-corrected chi connectivity index (χ1v) is 6.14. The molecule has 0 bridgehead atoms. The zero-order chi connectivity index (χ0) is 13.8. The highest BCUT2D eigenvalue weighted by Crippen LogP contribution is 2.21. The van der Waals surface area contributed by atoms with E-state index < -0.39 is 5.91 Å². The Kier molecular flexibility index (Phi) is 4.24. The Hall–Kier alpha value is -1.78. The monoisotopic (exact) mass is 296 g/mol. The van der Waals surface area contributed by atoms with E-state index >= 15 is 0 Å². The molecule has 1 heterocycles. The van der Waals surface area contributed by atoms with Gasteiger partial charge in [-0.05, 0) is 30.3 Å². The van der Waals surface area contributed by atoms with E-state index in [0.29, 0.717) is 21.5 Å². The van der Waals surface area contributed by atoms with Crippen LogP contribution < -0.4 is 10.5 Å². The summed E-state index contributed by atoms with van der Waals surface area (Å²) in [5, 5.41) is 0.827. The molecule has 98 valence electrons. The van der Waals surface area contributed by atoms with E-state index in [1.54, 1.807) is 36.5 Å². The highest BCUT2D eigenvalue weighted by Gasteiger charge is 2.04. The highest BCUT2D eigenvalue weighted by molar-refractivity contribution is 6.34. The minimum Gasteiger partial charge on any atom is -0.489 e. The van der Waals surface area contributed by atoms with Gasteiger partial charge in [-0.2, -0.15) is 0 Å². The van der Waals surface area contributed by atoms with Crippen molar-refractivity contribution in [3.8, 4) is 5.75 Å². The highest BCUT2D eigenvalue weighted by atomic mass is 35.5. The minimum atomic E-state index is -0.475. The average molecular weight is 297 g/mol. The maximum Gasteiger partial charge on any atom is 0.248 e. The second kappa shape index (κ2) is 5.91. The fourth-order valence-electron chi connectivity index (χ4n) is 1.42. The topological polar surface area (TPSA) is 65.2 Å². The molecule has 0 saturated heterocycles. The maximum atomic E-state index is 10.9. The lowest BCUT2D eigenvalue weighted by molar-refractivity contribution is 0.100. The third kappa shape index (κ3) is 3.59. The van der Waals surface area contributed by atoms with E-state index in [2.05, 4.69) is 4.98 Å². The van der Waals surface area contributed by atoms with Crippen molar-refractivity contribution in [2.75, 3.05) is 0 Å². The standard InChI is InChI=1S/C13H10Cl2N2O2/c14-11-5-12(15)17-6-9(11)7-19-10-3-1-8(2-4-10)13(16)18/h1-6H,7H2,(H2,16,18). The van der Waals surface area contributed by atoms with Crippen LogP contribution in [0, 0.1) is 0 Å². The zero-order valence-corrected chi connectivity index (χ0v) is 11.3. The quantitative estimate of drug-likeness (QED) is 0.882. The van der Waals surface area contributed by atoms with Crippen molar-refractivity contribution >= 4 is 29.1 Å². The number of carbonyl (C=O) groups is 1. The molecule has 0 atom stereocenters. The summed E-state index contributed by atoms with van der Waals surface area (Å²) in [5.74, 6) is 0.132. The molecule has 1 aromatic carbocycles. The smallest absolute Gasteiger partial charge is 0.248 e. The van der Waals surface area contributed by atoms with Gasteiger partial charge in [-0.25, -0.2) is 4.98 Å². The molecular weight excluding hydrogens is 287 g/mol. The molecule has 0 spiro atoms. The van der Waals surface area contributed by atoms with Gasteiger partial charge >= 0.3 is 0 Å². The summed E-state index contributed by atoms with van der Waals surface area (Å²) in [6.45, 7) is 0.263. The average Bonchev–Trinajstić information content (AvgIpc) is 2.38. The molecule has 4 nitrogen and oxygen atoms in total. The molecule has 1 amide bonds. The lowest BCUT2D eigenvalue weighted by atomic mass is 10.2. The van der Waals surface area contributed by atoms with Gasteiger partial charge in [0.05, 0.1) is 5.02 Å². The summed E-state index contributed by atoms with van der Waals surface area (Å²) in [6.07, 6.45) is 1.56. The van der Waals surface area contributed by atoms with Crippen LogP contribution >= 0.6 is 23.2 Å². The number of hydrogen-bond donors (Lipinski definition) is 1. The van der Waals surface area contributed by atoms with Crippen LogP contribution in [0.2, 0.25) is 10.2 Å². The number of nitrogens with two attached hydrogens (primary N) is 1. The minimum absolute atomic E-state index is 0.263. The van der Waals surface area contributed by atoms with E-state index in [9.17, 15) is 4.79 Å². The predicted molar refractivity (Wildman–Crippen MR) is 73.5 cm³/mol. The van der Waals surface area contributed by atoms with Crippen molar-refractivity contribution in [2.24, 2.45) is 5.73 Å². The van der Waals surface area contributed by atoms with Gasteiger partial charge in [0, 0.05) is 17.3 Å². The number of primary amides is 1. The first kappa shape index (κ1) is 13.6. The number of benzene rings is 1. The maximum absolute atomic E-state index is 10.9. The van der Waals surface area contributed by atoms with Crippen LogP contribution in [0.3, 0.4) is 0 Å². The lowest BCUT2D eigenvalue weighted by Gasteiger charge is -2.08. The molecule has 2 aromatic rings. The molecule has 0 aliphatic carbocycles. The summed E-state index contributed by atoms with van der Waals surface area (Å²) in [4.78, 5) is 14.8. The van der Waals surface area contributed by atoms with E-state index in [4.69, 9.17) is 33.7 Å². The van der Waals surface area contributed by atoms with Crippen LogP contribution in [-0.2, 0) is 6.61 Å². The zero-order valence-electron chi connectivity index (χ0n) is 9.77. The number of halogens is 2. The largest absolute Gasteiger partial charge is 0.489 e. The van der Waals surface area contributed by atoms with Gasteiger partial charge in [0.15, 0.2) is 0 Å².